The third kappa shape index (κ3) is 2.76. The van der Waals surface area contributed by atoms with Gasteiger partial charge in [-0.15, -0.1) is 0 Å². The number of amides is 1. The van der Waals surface area contributed by atoms with Crippen LogP contribution in [0.25, 0.3) is 0 Å². The first-order valence-electron chi connectivity index (χ1n) is 8.44. The number of hydrogen-bond acceptors (Lipinski definition) is 6. The minimum absolute atomic E-state index is 0.0126. The van der Waals surface area contributed by atoms with Crippen molar-refractivity contribution in [3.63, 3.8) is 0 Å². The molecule has 1 aromatic rings. The molecule has 1 aliphatic heterocycles. The van der Waals surface area contributed by atoms with Crippen LogP contribution >= 0.6 is 15.9 Å². The summed E-state index contributed by atoms with van der Waals surface area (Å²) in [6, 6.07) is 6.82. The summed E-state index contributed by atoms with van der Waals surface area (Å²) in [7, 11) is 1.56. The molecule has 8 heteroatoms. The van der Waals surface area contributed by atoms with Crippen molar-refractivity contribution in [2.75, 3.05) is 19.0 Å². The molecule has 1 aromatic carbocycles. The van der Waals surface area contributed by atoms with Crippen LogP contribution in [-0.2, 0) is 23.9 Å². The predicted molar refractivity (Wildman–Crippen MR) is 93.8 cm³/mol. The molecule has 0 radical (unpaired) electrons. The van der Waals surface area contributed by atoms with Gasteiger partial charge in [0.1, 0.15) is 11.9 Å². The van der Waals surface area contributed by atoms with Gasteiger partial charge in [0.25, 0.3) is 5.91 Å². The maximum Gasteiger partial charge on any atom is 0.310 e. The highest BCUT2D eigenvalue weighted by Gasteiger charge is 2.68. The first-order chi connectivity index (χ1) is 12.5. The lowest BCUT2D eigenvalue weighted by molar-refractivity contribution is -0.157. The van der Waals surface area contributed by atoms with E-state index in [0.717, 1.165) is 6.42 Å². The van der Waals surface area contributed by atoms with E-state index in [2.05, 4.69) is 21.2 Å². The first kappa shape index (κ1) is 17.3. The van der Waals surface area contributed by atoms with Gasteiger partial charge in [-0.3, -0.25) is 14.4 Å². The number of anilines is 1. The molecule has 26 heavy (non-hydrogen) atoms. The summed E-state index contributed by atoms with van der Waals surface area (Å²) >= 11 is 3.55. The van der Waals surface area contributed by atoms with Gasteiger partial charge in [-0.25, -0.2) is 0 Å². The van der Waals surface area contributed by atoms with Crippen molar-refractivity contribution in [1.82, 2.24) is 0 Å². The van der Waals surface area contributed by atoms with Crippen molar-refractivity contribution in [2.45, 2.75) is 17.4 Å². The maximum absolute atomic E-state index is 12.5. The molecule has 4 rings (SSSR count). The Morgan fingerprint density at radius 1 is 1.27 bits per heavy atom. The molecule has 1 N–H and O–H groups in total. The summed E-state index contributed by atoms with van der Waals surface area (Å²) in [4.78, 5) is 36.5. The fourth-order valence-corrected chi connectivity index (χ4v) is 5.44. The Hall–Kier alpha value is -2.09. The van der Waals surface area contributed by atoms with E-state index in [1.165, 1.54) is 0 Å². The van der Waals surface area contributed by atoms with Gasteiger partial charge in [0.2, 0.25) is 0 Å². The van der Waals surface area contributed by atoms with Crippen molar-refractivity contribution in [3.8, 4) is 5.75 Å². The monoisotopic (exact) mass is 423 g/mol. The zero-order valence-corrected chi connectivity index (χ0v) is 15.6. The number of carbonyl (C=O) groups excluding carboxylic acids is 3. The van der Waals surface area contributed by atoms with Gasteiger partial charge in [0, 0.05) is 11.6 Å². The number of rotatable bonds is 5. The van der Waals surface area contributed by atoms with E-state index >= 15 is 0 Å². The highest BCUT2D eigenvalue weighted by molar-refractivity contribution is 9.09. The lowest BCUT2D eigenvalue weighted by atomic mass is 9.80. The number of hydrogen-bond donors (Lipinski definition) is 1. The van der Waals surface area contributed by atoms with Gasteiger partial charge in [-0.05, 0) is 36.6 Å². The Bertz CT molecular complexity index is 751. The maximum atomic E-state index is 12.5. The van der Waals surface area contributed by atoms with E-state index in [4.69, 9.17) is 14.2 Å². The van der Waals surface area contributed by atoms with Crippen LogP contribution in [0.3, 0.4) is 0 Å². The van der Waals surface area contributed by atoms with Crippen LogP contribution in [0, 0.1) is 23.7 Å². The van der Waals surface area contributed by atoms with Gasteiger partial charge in [-0.1, -0.05) is 15.9 Å². The van der Waals surface area contributed by atoms with E-state index in [0.29, 0.717) is 11.4 Å². The molecule has 0 aromatic heterocycles. The summed E-state index contributed by atoms with van der Waals surface area (Å²) in [6.45, 7) is -0.392. The van der Waals surface area contributed by atoms with Crippen LogP contribution in [-0.4, -0.2) is 42.5 Å². The normalized spacial score (nSPS) is 33.7. The molecule has 138 valence electrons. The highest BCUT2D eigenvalue weighted by atomic mass is 79.9. The predicted octanol–water partition coefficient (Wildman–Crippen LogP) is 1.75. The summed E-state index contributed by atoms with van der Waals surface area (Å²) in [5, 5.41) is 2.65. The third-order valence-corrected chi connectivity index (χ3v) is 6.71. The summed E-state index contributed by atoms with van der Waals surface area (Å²) in [5.41, 5.74) is 0.578. The van der Waals surface area contributed by atoms with Crippen molar-refractivity contribution in [3.05, 3.63) is 24.3 Å². The second-order valence-corrected chi connectivity index (χ2v) is 7.90. The third-order valence-electron chi connectivity index (χ3n) is 5.51. The molecular formula is C18H18BrNO6. The molecule has 3 aliphatic rings. The number of halogens is 1. The minimum Gasteiger partial charge on any atom is -0.497 e. The molecule has 7 nitrogen and oxygen atoms in total. The molecule has 0 unspecified atom stereocenters. The zero-order valence-electron chi connectivity index (χ0n) is 14.0. The molecular weight excluding hydrogens is 406 g/mol. The Labute approximate surface area is 158 Å². The second-order valence-electron chi connectivity index (χ2n) is 6.85. The smallest absolute Gasteiger partial charge is 0.310 e. The Morgan fingerprint density at radius 2 is 2.00 bits per heavy atom. The van der Waals surface area contributed by atoms with Crippen molar-refractivity contribution < 1.29 is 28.6 Å². The fourth-order valence-electron chi connectivity index (χ4n) is 4.40. The van der Waals surface area contributed by atoms with Gasteiger partial charge in [0.05, 0.1) is 23.8 Å². The van der Waals surface area contributed by atoms with Gasteiger partial charge >= 0.3 is 11.9 Å². The van der Waals surface area contributed by atoms with Crippen LogP contribution in [0.4, 0.5) is 5.69 Å². The second kappa shape index (κ2) is 6.57. The number of benzene rings is 1. The molecule has 2 saturated carbocycles. The largest absolute Gasteiger partial charge is 0.497 e. The number of nitrogens with one attached hydrogen (secondary N) is 1. The molecule has 1 saturated heterocycles. The van der Waals surface area contributed by atoms with E-state index in [1.807, 2.05) is 0 Å². The molecule has 2 bridgehead atoms. The molecule has 0 spiro atoms. The number of esters is 2. The summed E-state index contributed by atoms with van der Waals surface area (Å²) < 4.78 is 15.6. The van der Waals surface area contributed by atoms with Gasteiger partial charge < -0.3 is 19.5 Å². The number of ether oxygens (including phenoxy) is 3. The van der Waals surface area contributed by atoms with E-state index < -0.39 is 30.3 Å². The average molecular weight is 424 g/mol. The van der Waals surface area contributed by atoms with E-state index in [9.17, 15) is 14.4 Å². The number of fused-ring (bicyclic) bond motifs is 1. The number of methoxy groups -OCH3 is 1. The van der Waals surface area contributed by atoms with Crippen LogP contribution in [0.2, 0.25) is 0 Å². The van der Waals surface area contributed by atoms with Crippen LogP contribution in [0.15, 0.2) is 24.3 Å². The topological polar surface area (TPSA) is 90.9 Å². The zero-order chi connectivity index (χ0) is 18.4. The standard InChI is InChI=1S/C18H18BrNO6/c1-24-9-4-2-8(3-5-9)20-12(21)7-25-17(22)13-10-6-11-14(13)18(23)26-16(11)15(10)19/h2-5,10-11,13-16H,6-7H2,1H3,(H,20,21)/t10-,11-,13-,14+,15-,16+/m1/s1. The lowest BCUT2D eigenvalue weighted by Gasteiger charge is -2.26. The van der Waals surface area contributed by atoms with E-state index in [-0.39, 0.29) is 28.7 Å². The average Bonchev–Trinajstić information content (AvgIpc) is 3.24. The fraction of sp³-hybridized carbons (Fsp3) is 0.500. The SMILES string of the molecule is COc1ccc(NC(=O)COC(=O)[C@@H]2[C@H]3C[C@H]4[C@H](OC(=O)[C@@H]42)[C@@H]3Br)cc1. The number of alkyl halides is 1. The summed E-state index contributed by atoms with van der Waals surface area (Å²) in [6.07, 6.45) is 0.634. The number of carbonyl (C=O) groups is 3. The van der Waals surface area contributed by atoms with Crippen molar-refractivity contribution in [1.29, 1.82) is 0 Å². The molecule has 1 amide bonds. The lowest BCUT2D eigenvalue weighted by Crippen LogP contribution is -2.39. The van der Waals surface area contributed by atoms with Crippen LogP contribution in [0.1, 0.15) is 6.42 Å². The first-order valence-corrected chi connectivity index (χ1v) is 9.36. The Balaban J connectivity index is 1.34. The quantitative estimate of drug-likeness (QED) is 0.572. The van der Waals surface area contributed by atoms with Crippen molar-refractivity contribution in [2.24, 2.45) is 23.7 Å². The molecule has 6 atom stereocenters. The molecule has 3 fully saturated rings. The van der Waals surface area contributed by atoms with Crippen LogP contribution < -0.4 is 10.1 Å². The highest BCUT2D eigenvalue weighted by Crippen LogP contribution is 2.60. The van der Waals surface area contributed by atoms with Gasteiger partial charge in [-0.2, -0.15) is 0 Å². The van der Waals surface area contributed by atoms with Crippen molar-refractivity contribution >= 4 is 39.5 Å². The van der Waals surface area contributed by atoms with Gasteiger partial charge in [0.15, 0.2) is 6.61 Å². The minimum atomic E-state index is -0.538. The Kier molecular flexibility index (Phi) is 4.38. The summed E-state index contributed by atoms with van der Waals surface area (Å²) in [5.74, 6) is -1.48. The molecule has 2 aliphatic carbocycles. The van der Waals surface area contributed by atoms with E-state index in [1.54, 1.807) is 31.4 Å². The van der Waals surface area contributed by atoms with Crippen LogP contribution in [0.5, 0.6) is 5.75 Å². The Morgan fingerprint density at radius 3 is 2.69 bits per heavy atom. The molecule has 1 heterocycles.